The maximum Gasteiger partial charge on any atom is 0.0254 e. The first kappa shape index (κ1) is 13.9. The van der Waals surface area contributed by atoms with E-state index in [0.29, 0.717) is 12.1 Å². The molecule has 0 bridgehead atoms. The minimum absolute atomic E-state index is 0.590. The Morgan fingerprint density at radius 3 is 2.31 bits per heavy atom. The smallest absolute Gasteiger partial charge is 0.0254 e. The molecule has 0 aromatic rings. The highest BCUT2D eigenvalue weighted by Gasteiger charge is 2.32. The van der Waals surface area contributed by atoms with E-state index in [1.165, 1.54) is 13.1 Å². The van der Waals surface area contributed by atoms with E-state index in [4.69, 9.17) is 0 Å². The zero-order valence-electron chi connectivity index (χ0n) is 11.8. The first-order valence-corrected chi connectivity index (χ1v) is 6.55. The number of likely N-dealkylation sites (tertiary alicyclic amines) is 1. The highest BCUT2D eigenvalue weighted by Crippen LogP contribution is 2.21. The maximum absolute atomic E-state index is 3.53. The first-order valence-electron chi connectivity index (χ1n) is 6.55. The summed E-state index contributed by atoms with van der Waals surface area (Å²) in [4.78, 5) is 4.98. The second kappa shape index (κ2) is 5.99. The van der Waals surface area contributed by atoms with Gasteiger partial charge in [0.05, 0.1) is 0 Å². The molecule has 0 spiro atoms. The molecule has 3 unspecified atom stereocenters. The van der Waals surface area contributed by atoms with E-state index >= 15 is 0 Å². The van der Waals surface area contributed by atoms with Crippen LogP contribution in [0.3, 0.4) is 0 Å². The van der Waals surface area contributed by atoms with E-state index in [2.05, 4.69) is 56.9 Å². The summed E-state index contributed by atoms with van der Waals surface area (Å²) in [6.45, 7) is 12.7. The van der Waals surface area contributed by atoms with Crippen LogP contribution in [0.5, 0.6) is 0 Å². The number of likely N-dealkylation sites (N-methyl/N-ethyl adjacent to an activating group) is 1. The molecule has 0 amide bonds. The lowest BCUT2D eigenvalue weighted by Gasteiger charge is -2.26. The maximum atomic E-state index is 3.53. The van der Waals surface area contributed by atoms with Crippen LogP contribution in [0.2, 0.25) is 0 Å². The van der Waals surface area contributed by atoms with E-state index in [1.807, 2.05) is 0 Å². The molecule has 0 aliphatic carbocycles. The Morgan fingerprint density at radius 2 is 1.88 bits per heavy atom. The van der Waals surface area contributed by atoms with Gasteiger partial charge in [-0.05, 0) is 26.9 Å². The van der Waals surface area contributed by atoms with Crippen LogP contribution >= 0.6 is 0 Å². The van der Waals surface area contributed by atoms with E-state index in [1.54, 1.807) is 0 Å². The molecule has 1 aliphatic rings. The van der Waals surface area contributed by atoms with Crippen molar-refractivity contribution in [3.63, 3.8) is 0 Å². The zero-order valence-corrected chi connectivity index (χ0v) is 11.8. The lowest BCUT2D eigenvalue weighted by Crippen LogP contribution is -2.42. The van der Waals surface area contributed by atoms with Crippen molar-refractivity contribution in [2.45, 2.75) is 45.8 Å². The van der Waals surface area contributed by atoms with Crippen molar-refractivity contribution in [1.82, 2.24) is 15.1 Å². The second-order valence-electron chi connectivity index (χ2n) is 5.87. The molecule has 96 valence electrons. The van der Waals surface area contributed by atoms with Crippen molar-refractivity contribution < 1.29 is 0 Å². The predicted molar refractivity (Wildman–Crippen MR) is 70.8 cm³/mol. The minimum atomic E-state index is 0.590. The van der Waals surface area contributed by atoms with E-state index < -0.39 is 0 Å². The SMILES string of the molecule is CC(C)NCC(C)N1CC(C)C(N(C)C)C1. The molecular weight excluding hydrogens is 198 g/mol. The highest BCUT2D eigenvalue weighted by molar-refractivity contribution is 4.89. The number of hydrogen-bond acceptors (Lipinski definition) is 3. The van der Waals surface area contributed by atoms with E-state index in [0.717, 1.165) is 18.5 Å². The summed E-state index contributed by atoms with van der Waals surface area (Å²) in [7, 11) is 4.39. The van der Waals surface area contributed by atoms with Gasteiger partial charge >= 0.3 is 0 Å². The van der Waals surface area contributed by atoms with Crippen LogP contribution in [0, 0.1) is 5.92 Å². The molecular formula is C13H29N3. The van der Waals surface area contributed by atoms with Crippen molar-refractivity contribution in [2.24, 2.45) is 5.92 Å². The fourth-order valence-electron chi connectivity index (χ4n) is 2.55. The number of hydrogen-bond donors (Lipinski definition) is 1. The second-order valence-corrected chi connectivity index (χ2v) is 5.87. The molecule has 0 radical (unpaired) electrons. The third kappa shape index (κ3) is 3.72. The van der Waals surface area contributed by atoms with Crippen molar-refractivity contribution >= 4 is 0 Å². The summed E-state index contributed by atoms with van der Waals surface area (Å²) >= 11 is 0. The summed E-state index contributed by atoms with van der Waals surface area (Å²) in [6, 6.07) is 1.96. The lowest BCUT2D eigenvalue weighted by molar-refractivity contribution is 0.219. The fraction of sp³-hybridized carbons (Fsp3) is 1.00. The van der Waals surface area contributed by atoms with Gasteiger partial charge in [0.1, 0.15) is 0 Å². The Balaban J connectivity index is 2.39. The topological polar surface area (TPSA) is 18.5 Å². The van der Waals surface area contributed by atoms with Gasteiger partial charge in [-0.25, -0.2) is 0 Å². The average Bonchev–Trinajstić information content (AvgIpc) is 2.56. The standard InChI is InChI=1S/C13H29N3/c1-10(2)14-7-12(4)16-8-11(3)13(9-16)15(5)6/h10-14H,7-9H2,1-6H3. The largest absolute Gasteiger partial charge is 0.313 e. The highest BCUT2D eigenvalue weighted by atomic mass is 15.3. The molecule has 0 aromatic heterocycles. The molecule has 16 heavy (non-hydrogen) atoms. The molecule has 3 heteroatoms. The normalized spacial score (nSPS) is 29.2. The predicted octanol–water partition coefficient (Wildman–Crippen LogP) is 1.25. The third-order valence-electron chi connectivity index (χ3n) is 3.71. The van der Waals surface area contributed by atoms with Gasteiger partial charge < -0.3 is 10.2 Å². The van der Waals surface area contributed by atoms with Crippen LogP contribution in [0.1, 0.15) is 27.7 Å². The summed E-state index contributed by atoms with van der Waals surface area (Å²) in [5, 5.41) is 3.53. The third-order valence-corrected chi connectivity index (χ3v) is 3.71. The molecule has 0 aromatic carbocycles. The number of nitrogens with zero attached hydrogens (tertiary/aromatic N) is 2. The van der Waals surface area contributed by atoms with Gasteiger partial charge in [-0.15, -0.1) is 0 Å². The van der Waals surface area contributed by atoms with Crippen LogP contribution in [0.15, 0.2) is 0 Å². The average molecular weight is 227 g/mol. The van der Waals surface area contributed by atoms with Crippen LogP contribution in [-0.2, 0) is 0 Å². The molecule has 1 saturated heterocycles. The molecule has 1 N–H and O–H groups in total. The Hall–Kier alpha value is -0.120. The molecule has 1 heterocycles. The molecule has 3 atom stereocenters. The molecule has 3 nitrogen and oxygen atoms in total. The zero-order chi connectivity index (χ0) is 12.3. The molecule has 1 aliphatic heterocycles. The summed E-state index contributed by atoms with van der Waals surface area (Å²) in [5.41, 5.74) is 0. The van der Waals surface area contributed by atoms with Crippen LogP contribution < -0.4 is 5.32 Å². The van der Waals surface area contributed by atoms with Crippen molar-refractivity contribution in [1.29, 1.82) is 0 Å². The number of rotatable bonds is 5. The van der Waals surface area contributed by atoms with Crippen molar-refractivity contribution in [2.75, 3.05) is 33.7 Å². The summed E-state index contributed by atoms with van der Waals surface area (Å²) < 4.78 is 0. The monoisotopic (exact) mass is 227 g/mol. The van der Waals surface area contributed by atoms with Gasteiger partial charge in [0, 0.05) is 37.8 Å². The summed E-state index contributed by atoms with van der Waals surface area (Å²) in [6.07, 6.45) is 0. The van der Waals surface area contributed by atoms with Crippen molar-refractivity contribution in [3.8, 4) is 0 Å². The van der Waals surface area contributed by atoms with Gasteiger partial charge in [0.15, 0.2) is 0 Å². The van der Waals surface area contributed by atoms with Crippen LogP contribution in [-0.4, -0.2) is 61.7 Å². The summed E-state index contributed by atoms with van der Waals surface area (Å²) in [5.74, 6) is 0.788. The quantitative estimate of drug-likeness (QED) is 0.763. The minimum Gasteiger partial charge on any atom is -0.313 e. The molecule has 1 fully saturated rings. The van der Waals surface area contributed by atoms with Gasteiger partial charge in [0.2, 0.25) is 0 Å². The molecule has 1 rings (SSSR count). The first-order chi connectivity index (χ1) is 7.41. The van der Waals surface area contributed by atoms with Crippen LogP contribution in [0.4, 0.5) is 0 Å². The van der Waals surface area contributed by atoms with E-state index in [-0.39, 0.29) is 0 Å². The van der Waals surface area contributed by atoms with Gasteiger partial charge in [-0.3, -0.25) is 4.90 Å². The van der Waals surface area contributed by atoms with Gasteiger partial charge in [0.25, 0.3) is 0 Å². The Morgan fingerprint density at radius 1 is 1.25 bits per heavy atom. The van der Waals surface area contributed by atoms with Gasteiger partial charge in [-0.2, -0.15) is 0 Å². The Labute approximate surface area is 101 Å². The van der Waals surface area contributed by atoms with Crippen molar-refractivity contribution in [3.05, 3.63) is 0 Å². The van der Waals surface area contributed by atoms with E-state index in [9.17, 15) is 0 Å². The Kier molecular flexibility index (Phi) is 5.22. The lowest BCUT2D eigenvalue weighted by atomic mass is 10.1. The fourth-order valence-corrected chi connectivity index (χ4v) is 2.55. The van der Waals surface area contributed by atoms with Crippen LogP contribution in [0.25, 0.3) is 0 Å². The Bertz CT molecular complexity index is 203. The van der Waals surface area contributed by atoms with Gasteiger partial charge in [-0.1, -0.05) is 20.8 Å². The number of nitrogens with one attached hydrogen (secondary N) is 1. The molecule has 0 saturated carbocycles.